The molecule has 0 spiro atoms. The van der Waals surface area contributed by atoms with Gasteiger partial charge in [-0.1, -0.05) is 41.9 Å². The van der Waals surface area contributed by atoms with Crippen LogP contribution in [0.15, 0.2) is 79.1 Å². The first kappa shape index (κ1) is 30.5. The zero-order valence-corrected chi connectivity index (χ0v) is 24.2. The zero-order chi connectivity index (χ0) is 31.6. The van der Waals surface area contributed by atoms with Gasteiger partial charge in [0.2, 0.25) is 11.8 Å². The van der Waals surface area contributed by atoms with Gasteiger partial charge in [-0.3, -0.25) is 14.9 Å². The summed E-state index contributed by atoms with van der Waals surface area (Å²) in [5, 5.41) is 42.5. The van der Waals surface area contributed by atoms with Crippen molar-refractivity contribution in [3.63, 3.8) is 0 Å². The molecule has 15 nitrogen and oxygen atoms in total. The Balaban J connectivity index is 1.34. The molecule has 2 aromatic heterocycles. The van der Waals surface area contributed by atoms with Gasteiger partial charge in [-0.15, -0.1) is 10.2 Å². The third kappa shape index (κ3) is 8.55. The van der Waals surface area contributed by atoms with Crippen LogP contribution in [-0.4, -0.2) is 69.9 Å². The average molecular weight is 628 g/mol. The predicted octanol–water partition coefficient (Wildman–Crippen LogP) is 3.08. The summed E-state index contributed by atoms with van der Waals surface area (Å²) in [6.45, 7) is 0. The number of hydrogen-bond acceptors (Lipinski definition) is 9. The Kier molecular flexibility index (Phi) is 9.81. The van der Waals surface area contributed by atoms with Crippen LogP contribution in [0.25, 0.3) is 11.8 Å². The molecule has 3 amide bonds. The van der Waals surface area contributed by atoms with Crippen LogP contribution in [-0.2, 0) is 28.9 Å². The van der Waals surface area contributed by atoms with E-state index in [0.717, 1.165) is 5.56 Å². The smallest absolute Gasteiger partial charge is 0.409 e. The number of benzene rings is 3. The highest BCUT2D eigenvalue weighted by atomic mass is 35.5. The predicted molar refractivity (Wildman–Crippen MR) is 164 cm³/mol. The first-order valence-corrected chi connectivity index (χ1v) is 13.9. The van der Waals surface area contributed by atoms with E-state index in [0.29, 0.717) is 51.9 Å². The van der Waals surface area contributed by atoms with Crippen LogP contribution in [0.3, 0.4) is 0 Å². The van der Waals surface area contributed by atoms with Crippen molar-refractivity contribution >= 4 is 47.0 Å². The van der Waals surface area contributed by atoms with Gasteiger partial charge in [0.1, 0.15) is 18.2 Å². The van der Waals surface area contributed by atoms with Crippen molar-refractivity contribution in [2.24, 2.45) is 0 Å². The van der Waals surface area contributed by atoms with Crippen molar-refractivity contribution in [3.05, 3.63) is 107 Å². The lowest BCUT2D eigenvalue weighted by Gasteiger charge is -2.19. The summed E-state index contributed by atoms with van der Waals surface area (Å²) in [6.07, 6.45) is 4.04. The molecule has 0 aliphatic heterocycles. The fourth-order valence-electron chi connectivity index (χ4n) is 4.47. The summed E-state index contributed by atoms with van der Waals surface area (Å²) in [5.41, 5.74) is 3.39. The summed E-state index contributed by atoms with van der Waals surface area (Å²) in [6, 6.07) is 18.1. The molecular weight excluding hydrogens is 602 g/mol. The normalized spacial score (nSPS) is 11.7. The van der Waals surface area contributed by atoms with Gasteiger partial charge in [-0.25, -0.2) is 9.89 Å². The molecule has 3 aromatic carbocycles. The van der Waals surface area contributed by atoms with Gasteiger partial charge >= 0.3 is 6.09 Å². The van der Waals surface area contributed by atoms with E-state index in [9.17, 15) is 19.5 Å². The van der Waals surface area contributed by atoms with Gasteiger partial charge in [0.25, 0.3) is 0 Å². The highest BCUT2D eigenvalue weighted by Gasteiger charge is 2.21. The highest BCUT2D eigenvalue weighted by Crippen LogP contribution is 2.23. The molecule has 5 N–H and O–H groups in total. The number of carboxylic acid groups (broad SMARTS) is 1. The van der Waals surface area contributed by atoms with E-state index in [-0.39, 0.29) is 6.42 Å². The van der Waals surface area contributed by atoms with E-state index < -0.39 is 23.9 Å². The number of carbonyl (C=O) groups excluding carboxylic acids is 2. The summed E-state index contributed by atoms with van der Waals surface area (Å²) >= 11 is 6.19. The van der Waals surface area contributed by atoms with E-state index in [1.165, 1.54) is 17.1 Å². The van der Waals surface area contributed by atoms with E-state index in [4.69, 9.17) is 11.6 Å². The van der Waals surface area contributed by atoms with Crippen LogP contribution in [0.2, 0.25) is 5.02 Å². The molecule has 228 valence electrons. The van der Waals surface area contributed by atoms with Crippen LogP contribution < -0.4 is 16.0 Å². The van der Waals surface area contributed by atoms with Crippen molar-refractivity contribution in [1.82, 2.24) is 46.1 Å². The maximum absolute atomic E-state index is 13.6. The van der Waals surface area contributed by atoms with E-state index in [1.54, 1.807) is 42.5 Å². The second-order valence-corrected chi connectivity index (χ2v) is 10.1. The maximum Gasteiger partial charge on any atom is 0.409 e. The number of aromatic nitrogens is 8. The average Bonchev–Trinajstić information content (AvgIpc) is 3.75. The van der Waals surface area contributed by atoms with Gasteiger partial charge in [0.05, 0.1) is 5.69 Å². The van der Waals surface area contributed by atoms with Crippen molar-refractivity contribution in [2.75, 3.05) is 10.6 Å². The summed E-state index contributed by atoms with van der Waals surface area (Å²) in [7, 11) is 0. The minimum Gasteiger partial charge on any atom is -0.465 e. The Morgan fingerprint density at radius 1 is 1.00 bits per heavy atom. The third-order valence-electron chi connectivity index (χ3n) is 6.55. The number of amides is 3. The number of tetrazole rings is 2. The number of carbonyl (C=O) groups is 3. The van der Waals surface area contributed by atoms with Gasteiger partial charge in [-0.2, -0.15) is 4.68 Å². The summed E-state index contributed by atoms with van der Waals surface area (Å²) < 4.78 is 1.44. The lowest BCUT2D eigenvalue weighted by atomic mass is 10.0. The van der Waals surface area contributed by atoms with Crippen LogP contribution >= 0.6 is 11.6 Å². The van der Waals surface area contributed by atoms with Crippen LogP contribution in [0.4, 0.5) is 16.2 Å². The number of nitrogens with zero attached hydrogens (tertiary/aromatic N) is 7. The minimum absolute atomic E-state index is 0.212. The van der Waals surface area contributed by atoms with Crippen LogP contribution in [0.1, 0.15) is 22.5 Å². The molecule has 45 heavy (non-hydrogen) atoms. The van der Waals surface area contributed by atoms with Crippen LogP contribution in [0.5, 0.6) is 0 Å². The van der Waals surface area contributed by atoms with Crippen LogP contribution in [0, 0.1) is 0 Å². The Morgan fingerprint density at radius 2 is 1.84 bits per heavy atom. The number of anilines is 2. The molecule has 5 rings (SSSR count). The first-order valence-electron chi connectivity index (χ1n) is 13.6. The van der Waals surface area contributed by atoms with Gasteiger partial charge in [0.15, 0.2) is 0 Å². The first-order chi connectivity index (χ1) is 21.8. The molecule has 0 fully saturated rings. The second-order valence-electron chi connectivity index (χ2n) is 9.68. The molecule has 0 bridgehead atoms. The molecule has 2 heterocycles. The number of hydrogen-bond donors (Lipinski definition) is 5. The lowest BCUT2D eigenvalue weighted by Crippen LogP contribution is -2.44. The fourth-order valence-corrected chi connectivity index (χ4v) is 4.65. The standard InChI is InChI=1S/C29H26ClN11O4/c30-21-8-11-25(41-17-31-37-40-41)20(15-21)7-13-27(42)33-24(14-18-4-2-1-3-5-18)28(43)32-22-9-10-23(34-29(44)45)19(16-22)6-12-26-35-38-39-36-26/h1-5,7-11,13,15-17,24,34H,6,12,14H2,(H,32,43)(H,33,42)(H,44,45)(H,35,36,38,39). The molecule has 0 aliphatic rings. The molecule has 16 heteroatoms. The number of nitrogens with one attached hydrogen (secondary N) is 4. The lowest BCUT2D eigenvalue weighted by molar-refractivity contribution is -0.123. The molecule has 0 aliphatic carbocycles. The number of rotatable bonds is 12. The zero-order valence-electron chi connectivity index (χ0n) is 23.5. The fraction of sp³-hybridized carbons (Fsp3) is 0.138. The largest absolute Gasteiger partial charge is 0.465 e. The number of aromatic amines is 1. The maximum atomic E-state index is 13.6. The number of aryl methyl sites for hydroxylation is 2. The number of halogens is 1. The van der Waals surface area contributed by atoms with E-state index in [1.807, 2.05) is 30.3 Å². The quantitative estimate of drug-likeness (QED) is 0.128. The molecule has 1 atom stereocenters. The molecular formula is C29H26ClN11O4. The topological polar surface area (TPSA) is 206 Å². The Morgan fingerprint density at radius 3 is 2.58 bits per heavy atom. The molecule has 1 unspecified atom stereocenters. The van der Waals surface area contributed by atoms with Gasteiger partial charge in [0, 0.05) is 40.9 Å². The Hall–Kier alpha value is -5.96. The Labute approximate surface area is 260 Å². The minimum atomic E-state index is -1.23. The van der Waals surface area contributed by atoms with Crippen molar-refractivity contribution < 1.29 is 19.5 Å². The highest BCUT2D eigenvalue weighted by molar-refractivity contribution is 6.30. The summed E-state index contributed by atoms with van der Waals surface area (Å²) in [5.74, 6) is -0.467. The van der Waals surface area contributed by atoms with Crippen molar-refractivity contribution in [1.29, 1.82) is 0 Å². The third-order valence-corrected chi connectivity index (χ3v) is 6.79. The summed E-state index contributed by atoms with van der Waals surface area (Å²) in [4.78, 5) is 38.0. The van der Waals surface area contributed by atoms with Crippen molar-refractivity contribution in [2.45, 2.75) is 25.3 Å². The van der Waals surface area contributed by atoms with Gasteiger partial charge in [-0.05, 0) is 80.9 Å². The number of H-pyrrole nitrogens is 1. The Bertz CT molecular complexity index is 1800. The van der Waals surface area contributed by atoms with Crippen molar-refractivity contribution in [3.8, 4) is 5.69 Å². The van der Waals surface area contributed by atoms with E-state index >= 15 is 0 Å². The SMILES string of the molecule is O=C(O)Nc1ccc(NC(=O)C(Cc2ccccc2)NC(=O)C=Cc2cc(Cl)ccc2-n2cnnn2)cc1CCc1nnn[nH]1. The second kappa shape index (κ2) is 14.5. The molecule has 0 saturated carbocycles. The van der Waals surface area contributed by atoms with Gasteiger partial charge < -0.3 is 15.7 Å². The molecule has 0 radical (unpaired) electrons. The molecule has 0 saturated heterocycles. The monoisotopic (exact) mass is 627 g/mol. The molecule has 5 aromatic rings. The van der Waals surface area contributed by atoms with E-state index in [2.05, 4.69) is 52.1 Å².